The van der Waals surface area contributed by atoms with Crippen LogP contribution in [0.3, 0.4) is 0 Å². The number of rotatable bonds is 2. The van der Waals surface area contributed by atoms with E-state index in [1.807, 2.05) is 24.3 Å². The summed E-state index contributed by atoms with van der Waals surface area (Å²) >= 11 is 3.93. The minimum absolute atomic E-state index is 0.145. The van der Waals surface area contributed by atoms with Crippen molar-refractivity contribution < 1.29 is 4.42 Å². The van der Waals surface area contributed by atoms with Crippen molar-refractivity contribution in [3.05, 3.63) is 44.8 Å². The molecule has 108 valence electrons. The predicted octanol–water partition coefficient (Wildman–Crippen LogP) is 5.37. The summed E-state index contributed by atoms with van der Waals surface area (Å²) in [5.41, 5.74) is 2.39. The molecule has 0 saturated heterocycles. The number of aromatic nitrogens is 2. The van der Waals surface area contributed by atoms with E-state index in [1.165, 1.54) is 8.45 Å². The third-order valence-electron chi connectivity index (χ3n) is 3.21. The van der Waals surface area contributed by atoms with E-state index in [9.17, 15) is 0 Å². The maximum Gasteiger partial charge on any atom is 0.258 e. The van der Waals surface area contributed by atoms with E-state index in [0.717, 1.165) is 10.4 Å². The van der Waals surface area contributed by atoms with Crippen molar-refractivity contribution in [2.75, 3.05) is 0 Å². The smallest absolute Gasteiger partial charge is 0.258 e. The van der Waals surface area contributed by atoms with E-state index in [4.69, 9.17) is 4.42 Å². The molecule has 2 heterocycles. The molecule has 0 amide bonds. The molecule has 1 aromatic carbocycles. The number of halogens is 1. The fraction of sp³-hybridized carbons (Fsp3) is 0.250. The van der Waals surface area contributed by atoms with Crippen molar-refractivity contribution in [1.82, 2.24) is 10.2 Å². The van der Waals surface area contributed by atoms with Crippen LogP contribution in [0.1, 0.15) is 26.3 Å². The molecule has 5 heteroatoms. The summed E-state index contributed by atoms with van der Waals surface area (Å²) in [6.45, 7) is 6.60. The Balaban J connectivity index is 1.90. The summed E-state index contributed by atoms with van der Waals surface area (Å²) in [6, 6.07) is 12.4. The highest BCUT2D eigenvalue weighted by Crippen LogP contribution is 2.31. The van der Waals surface area contributed by atoms with Gasteiger partial charge in [0.15, 0.2) is 0 Å². The molecule has 3 nitrogen and oxygen atoms in total. The third kappa shape index (κ3) is 3.18. The van der Waals surface area contributed by atoms with Crippen LogP contribution in [0.4, 0.5) is 0 Å². The molecular formula is C16H15IN2OS. The van der Waals surface area contributed by atoms with Crippen LogP contribution >= 0.6 is 33.9 Å². The Hall–Kier alpha value is -1.21. The van der Waals surface area contributed by atoms with Crippen LogP contribution in [0.2, 0.25) is 0 Å². The molecule has 0 atom stereocenters. The molecule has 3 aromatic rings. The monoisotopic (exact) mass is 410 g/mol. The maximum absolute atomic E-state index is 5.78. The lowest BCUT2D eigenvalue weighted by molar-refractivity contribution is 0.583. The lowest BCUT2D eigenvalue weighted by Gasteiger charge is -2.18. The summed E-state index contributed by atoms with van der Waals surface area (Å²) in [6.07, 6.45) is 0. The molecule has 0 aliphatic rings. The van der Waals surface area contributed by atoms with Gasteiger partial charge in [-0.1, -0.05) is 32.9 Å². The molecular weight excluding hydrogens is 395 g/mol. The van der Waals surface area contributed by atoms with E-state index < -0.39 is 0 Å². The molecule has 0 saturated carbocycles. The molecule has 0 radical (unpaired) electrons. The Bertz CT molecular complexity index is 753. The average Bonchev–Trinajstić information content (AvgIpc) is 3.06. The predicted molar refractivity (Wildman–Crippen MR) is 94.5 cm³/mol. The Morgan fingerprint density at radius 3 is 2.19 bits per heavy atom. The van der Waals surface area contributed by atoms with Crippen molar-refractivity contribution in [3.8, 4) is 22.2 Å². The van der Waals surface area contributed by atoms with E-state index >= 15 is 0 Å². The van der Waals surface area contributed by atoms with Gasteiger partial charge in [-0.2, -0.15) is 0 Å². The second-order valence-electron chi connectivity index (χ2n) is 5.84. The molecule has 0 bridgehead atoms. The summed E-state index contributed by atoms with van der Waals surface area (Å²) in [5, 5.41) is 8.29. The van der Waals surface area contributed by atoms with Gasteiger partial charge in [0.05, 0.1) is 7.76 Å². The van der Waals surface area contributed by atoms with Crippen molar-refractivity contribution in [3.63, 3.8) is 0 Å². The topological polar surface area (TPSA) is 38.9 Å². The summed E-state index contributed by atoms with van der Waals surface area (Å²) < 4.78 is 6.98. The van der Waals surface area contributed by atoms with E-state index in [2.05, 4.69) is 65.7 Å². The highest BCUT2D eigenvalue weighted by molar-refractivity contribution is 14.1. The van der Waals surface area contributed by atoms with Gasteiger partial charge in [-0.25, -0.2) is 0 Å². The van der Waals surface area contributed by atoms with Gasteiger partial charge < -0.3 is 4.42 Å². The molecule has 2 aromatic heterocycles. The maximum atomic E-state index is 5.78. The van der Waals surface area contributed by atoms with Gasteiger partial charge in [0, 0.05) is 5.56 Å². The first-order chi connectivity index (χ1) is 9.93. The van der Waals surface area contributed by atoms with Crippen LogP contribution in [0.15, 0.2) is 40.8 Å². The van der Waals surface area contributed by atoms with Crippen molar-refractivity contribution in [2.45, 2.75) is 26.2 Å². The van der Waals surface area contributed by atoms with Gasteiger partial charge in [0.2, 0.25) is 5.89 Å². The molecule has 0 N–H and O–H groups in total. The first-order valence-electron chi connectivity index (χ1n) is 6.63. The minimum atomic E-state index is 0.145. The Morgan fingerprint density at radius 2 is 1.62 bits per heavy atom. The van der Waals surface area contributed by atoms with Gasteiger partial charge in [0.1, 0.15) is 0 Å². The van der Waals surface area contributed by atoms with Gasteiger partial charge >= 0.3 is 0 Å². The van der Waals surface area contributed by atoms with Gasteiger partial charge in [-0.15, -0.1) is 21.5 Å². The van der Waals surface area contributed by atoms with E-state index in [1.54, 1.807) is 11.3 Å². The average molecular weight is 410 g/mol. The quantitative estimate of drug-likeness (QED) is 0.534. The summed E-state index contributed by atoms with van der Waals surface area (Å²) in [4.78, 5) is 1.00. The van der Waals surface area contributed by atoms with Crippen LogP contribution in [0.25, 0.3) is 22.2 Å². The second kappa shape index (κ2) is 5.53. The number of benzene rings is 1. The Labute approximate surface area is 141 Å². The minimum Gasteiger partial charge on any atom is -0.415 e. The van der Waals surface area contributed by atoms with Crippen molar-refractivity contribution in [1.29, 1.82) is 0 Å². The SMILES string of the molecule is CC(C)(C)c1ccc(-c2nnc(-c3ccc(I)s3)o2)cc1. The Morgan fingerprint density at radius 1 is 0.952 bits per heavy atom. The molecule has 0 unspecified atom stereocenters. The number of thiophene rings is 1. The molecule has 21 heavy (non-hydrogen) atoms. The lowest BCUT2D eigenvalue weighted by atomic mass is 9.87. The first-order valence-corrected chi connectivity index (χ1v) is 8.53. The molecule has 0 aliphatic heterocycles. The normalized spacial score (nSPS) is 11.8. The van der Waals surface area contributed by atoms with Crippen LogP contribution in [0, 0.1) is 2.88 Å². The highest BCUT2D eigenvalue weighted by Gasteiger charge is 2.15. The molecule has 0 spiro atoms. The number of nitrogens with zero attached hydrogens (tertiary/aromatic N) is 2. The van der Waals surface area contributed by atoms with Gasteiger partial charge in [0.25, 0.3) is 5.89 Å². The van der Waals surface area contributed by atoms with Crippen molar-refractivity contribution >= 4 is 33.9 Å². The van der Waals surface area contributed by atoms with Gasteiger partial charge in [-0.3, -0.25) is 0 Å². The fourth-order valence-electron chi connectivity index (χ4n) is 1.98. The van der Waals surface area contributed by atoms with Gasteiger partial charge in [-0.05, 0) is 57.8 Å². The zero-order chi connectivity index (χ0) is 15.0. The molecule has 0 aliphatic carbocycles. The Kier molecular flexibility index (Phi) is 3.88. The van der Waals surface area contributed by atoms with Crippen LogP contribution in [-0.4, -0.2) is 10.2 Å². The number of hydrogen-bond acceptors (Lipinski definition) is 4. The lowest BCUT2D eigenvalue weighted by Crippen LogP contribution is -2.10. The zero-order valence-electron chi connectivity index (χ0n) is 12.1. The van der Waals surface area contributed by atoms with Crippen LogP contribution in [0.5, 0.6) is 0 Å². The summed E-state index contributed by atoms with van der Waals surface area (Å²) in [5.74, 6) is 1.15. The van der Waals surface area contributed by atoms with E-state index in [0.29, 0.717) is 11.8 Å². The molecule has 0 fully saturated rings. The largest absolute Gasteiger partial charge is 0.415 e. The first kappa shape index (κ1) is 14.7. The second-order valence-corrected chi connectivity index (χ2v) is 8.82. The standard InChI is InChI=1S/C16H15IN2OS/c1-16(2,3)11-6-4-10(5-7-11)14-18-19-15(20-14)12-8-9-13(17)21-12/h4-9H,1-3H3. The molecule has 3 rings (SSSR count). The van der Waals surface area contributed by atoms with Crippen LogP contribution in [-0.2, 0) is 5.41 Å². The highest BCUT2D eigenvalue weighted by atomic mass is 127. The fourth-order valence-corrected chi connectivity index (χ4v) is 3.53. The third-order valence-corrected chi connectivity index (χ3v) is 5.09. The van der Waals surface area contributed by atoms with Crippen LogP contribution < -0.4 is 0 Å². The summed E-state index contributed by atoms with van der Waals surface area (Å²) in [7, 11) is 0. The zero-order valence-corrected chi connectivity index (χ0v) is 15.0. The number of hydrogen-bond donors (Lipinski definition) is 0. The van der Waals surface area contributed by atoms with E-state index in [-0.39, 0.29) is 5.41 Å². The van der Waals surface area contributed by atoms with Crippen molar-refractivity contribution in [2.24, 2.45) is 0 Å².